The Bertz CT molecular complexity index is 997. The molecule has 1 aliphatic carbocycles. The van der Waals surface area contributed by atoms with E-state index in [1.807, 2.05) is 0 Å². The molecular formula is C22H18ClF5O3. The molecule has 31 heavy (non-hydrogen) atoms. The Morgan fingerprint density at radius 1 is 1.10 bits per heavy atom. The van der Waals surface area contributed by atoms with E-state index in [2.05, 4.69) is 0 Å². The van der Waals surface area contributed by atoms with Crippen LogP contribution in [0.2, 0.25) is 5.02 Å². The number of carbonyl (C=O) groups is 1. The molecule has 0 spiro atoms. The molecule has 0 saturated heterocycles. The SMILES string of the molecule is O=C(O)CCc1ccc(OCC2=C(c3ccc(Cl)cc3)CC(F)(F)C2)cc1C(F)(F)F. The van der Waals surface area contributed by atoms with E-state index in [0.717, 1.165) is 12.1 Å². The zero-order valence-corrected chi connectivity index (χ0v) is 16.9. The van der Waals surface area contributed by atoms with Crippen molar-refractivity contribution in [3.05, 3.63) is 69.8 Å². The molecule has 0 atom stereocenters. The van der Waals surface area contributed by atoms with Crippen molar-refractivity contribution in [2.45, 2.75) is 37.8 Å². The number of ether oxygens (including phenoxy) is 1. The second-order valence-corrected chi connectivity index (χ2v) is 7.73. The lowest BCUT2D eigenvalue weighted by molar-refractivity contribution is -0.140. The molecule has 0 aromatic heterocycles. The van der Waals surface area contributed by atoms with Crippen LogP contribution in [0.15, 0.2) is 48.0 Å². The average molecular weight is 461 g/mol. The summed E-state index contributed by atoms with van der Waals surface area (Å²) in [7, 11) is 0. The molecule has 166 valence electrons. The number of benzene rings is 2. The maximum atomic E-state index is 14.0. The van der Waals surface area contributed by atoms with Gasteiger partial charge in [0.25, 0.3) is 5.92 Å². The quantitative estimate of drug-likeness (QED) is 0.471. The van der Waals surface area contributed by atoms with Crippen molar-refractivity contribution in [1.29, 1.82) is 0 Å². The van der Waals surface area contributed by atoms with Gasteiger partial charge in [0.15, 0.2) is 0 Å². The molecule has 2 aromatic carbocycles. The predicted octanol–water partition coefficient (Wildman–Crippen LogP) is 6.64. The number of aliphatic carboxylic acids is 1. The first kappa shape index (κ1) is 23.1. The maximum Gasteiger partial charge on any atom is 0.416 e. The molecule has 0 bridgehead atoms. The summed E-state index contributed by atoms with van der Waals surface area (Å²) < 4.78 is 73.7. The Balaban J connectivity index is 1.83. The molecule has 0 saturated carbocycles. The number of aryl methyl sites for hydroxylation is 1. The first-order valence-corrected chi connectivity index (χ1v) is 9.72. The molecule has 3 nitrogen and oxygen atoms in total. The molecule has 0 aliphatic heterocycles. The van der Waals surface area contributed by atoms with Crippen molar-refractivity contribution in [3.63, 3.8) is 0 Å². The maximum absolute atomic E-state index is 14.0. The van der Waals surface area contributed by atoms with E-state index in [4.69, 9.17) is 21.4 Å². The topological polar surface area (TPSA) is 46.5 Å². The van der Waals surface area contributed by atoms with Gasteiger partial charge in [-0.25, -0.2) is 8.78 Å². The Labute approximate surface area is 180 Å². The third kappa shape index (κ3) is 5.97. The van der Waals surface area contributed by atoms with Crippen LogP contribution in [0.1, 0.15) is 36.0 Å². The third-order valence-electron chi connectivity index (χ3n) is 4.93. The molecule has 1 aliphatic rings. The fourth-order valence-corrected chi connectivity index (χ4v) is 3.63. The van der Waals surface area contributed by atoms with Gasteiger partial charge in [-0.15, -0.1) is 0 Å². The van der Waals surface area contributed by atoms with Crippen molar-refractivity contribution in [2.75, 3.05) is 6.61 Å². The first-order chi connectivity index (χ1) is 14.4. The van der Waals surface area contributed by atoms with E-state index in [1.165, 1.54) is 6.07 Å². The number of hydrogen-bond acceptors (Lipinski definition) is 2. The second kappa shape index (κ2) is 8.86. The van der Waals surface area contributed by atoms with Crippen LogP contribution in [0.3, 0.4) is 0 Å². The highest BCUT2D eigenvalue weighted by Crippen LogP contribution is 2.44. The number of carboxylic acid groups (broad SMARTS) is 1. The minimum Gasteiger partial charge on any atom is -0.489 e. The largest absolute Gasteiger partial charge is 0.489 e. The highest BCUT2D eigenvalue weighted by molar-refractivity contribution is 6.30. The normalized spacial score (nSPS) is 15.9. The summed E-state index contributed by atoms with van der Waals surface area (Å²) in [5, 5.41) is 9.18. The zero-order valence-electron chi connectivity index (χ0n) is 16.1. The van der Waals surface area contributed by atoms with E-state index in [-0.39, 0.29) is 24.3 Å². The standard InChI is InChI=1S/C22H18ClF5O3/c23-16-5-1-13(2-6-16)18-11-21(24,25)10-15(18)12-31-17-7-3-14(4-8-20(29)30)19(9-17)22(26,27)28/h1-3,5-7,9H,4,8,10-12H2,(H,29,30). The van der Waals surface area contributed by atoms with Gasteiger partial charge in [0.05, 0.1) is 5.56 Å². The summed E-state index contributed by atoms with van der Waals surface area (Å²) in [6, 6.07) is 9.57. The molecule has 0 unspecified atom stereocenters. The number of allylic oxidation sites excluding steroid dienone is 1. The van der Waals surface area contributed by atoms with E-state index < -0.39 is 42.9 Å². The third-order valence-corrected chi connectivity index (χ3v) is 5.19. The van der Waals surface area contributed by atoms with Gasteiger partial charge in [0.1, 0.15) is 12.4 Å². The minimum atomic E-state index is -4.71. The molecule has 3 rings (SSSR count). The van der Waals surface area contributed by atoms with Crippen LogP contribution in [0.4, 0.5) is 22.0 Å². The fraction of sp³-hybridized carbons (Fsp3) is 0.318. The summed E-state index contributed by atoms with van der Waals surface area (Å²) in [5.41, 5.74) is 0.0671. The highest BCUT2D eigenvalue weighted by atomic mass is 35.5. The molecule has 2 aromatic rings. The van der Waals surface area contributed by atoms with E-state index in [1.54, 1.807) is 24.3 Å². The number of carboxylic acids is 1. The predicted molar refractivity (Wildman–Crippen MR) is 105 cm³/mol. The number of halogens is 6. The number of rotatable bonds is 7. The van der Waals surface area contributed by atoms with Gasteiger partial charge in [0, 0.05) is 24.3 Å². The molecule has 0 heterocycles. The fourth-order valence-electron chi connectivity index (χ4n) is 3.50. The zero-order chi connectivity index (χ0) is 22.8. The van der Waals surface area contributed by atoms with Crippen LogP contribution >= 0.6 is 11.6 Å². The summed E-state index contributed by atoms with van der Waals surface area (Å²) in [5.74, 6) is -4.31. The lowest BCUT2D eigenvalue weighted by atomic mass is 10.0. The highest BCUT2D eigenvalue weighted by Gasteiger charge is 2.40. The van der Waals surface area contributed by atoms with Gasteiger partial charge in [-0.1, -0.05) is 29.8 Å². The van der Waals surface area contributed by atoms with Gasteiger partial charge in [0.2, 0.25) is 0 Å². The van der Waals surface area contributed by atoms with Gasteiger partial charge >= 0.3 is 12.1 Å². The molecule has 0 amide bonds. The monoisotopic (exact) mass is 460 g/mol. The molecule has 9 heteroatoms. The molecule has 1 N–H and O–H groups in total. The number of alkyl halides is 5. The van der Waals surface area contributed by atoms with Crippen molar-refractivity contribution in [2.24, 2.45) is 0 Å². The minimum absolute atomic E-state index is 0.135. The van der Waals surface area contributed by atoms with Crippen LogP contribution in [0.25, 0.3) is 5.57 Å². The van der Waals surface area contributed by atoms with Crippen LogP contribution in [0.5, 0.6) is 5.75 Å². The van der Waals surface area contributed by atoms with E-state index in [9.17, 15) is 26.7 Å². The van der Waals surface area contributed by atoms with Crippen molar-refractivity contribution in [1.82, 2.24) is 0 Å². The summed E-state index contributed by atoms with van der Waals surface area (Å²) in [6.45, 7) is -0.292. The molecular weight excluding hydrogens is 443 g/mol. The summed E-state index contributed by atoms with van der Waals surface area (Å²) in [4.78, 5) is 10.7. The Morgan fingerprint density at radius 3 is 2.39 bits per heavy atom. The van der Waals surface area contributed by atoms with Crippen LogP contribution in [-0.2, 0) is 17.4 Å². The van der Waals surface area contributed by atoms with E-state index in [0.29, 0.717) is 21.7 Å². The lowest BCUT2D eigenvalue weighted by Gasteiger charge is -2.15. The van der Waals surface area contributed by atoms with E-state index >= 15 is 0 Å². The van der Waals surface area contributed by atoms with Gasteiger partial charge in [-0.2, -0.15) is 13.2 Å². The molecule has 0 radical (unpaired) electrons. The average Bonchev–Trinajstić information content (AvgIpc) is 2.99. The molecule has 0 fully saturated rings. The summed E-state index contributed by atoms with van der Waals surface area (Å²) >= 11 is 5.84. The smallest absolute Gasteiger partial charge is 0.416 e. The van der Waals surface area contributed by atoms with Crippen LogP contribution < -0.4 is 4.74 Å². The lowest BCUT2D eigenvalue weighted by Crippen LogP contribution is -2.13. The van der Waals surface area contributed by atoms with Crippen molar-refractivity contribution < 1.29 is 36.6 Å². The summed E-state index contributed by atoms with van der Waals surface area (Å²) in [6.07, 6.45) is -6.48. The van der Waals surface area contributed by atoms with Gasteiger partial charge < -0.3 is 9.84 Å². The van der Waals surface area contributed by atoms with Gasteiger partial charge in [-0.05, 0) is 53.0 Å². The van der Waals surface area contributed by atoms with Crippen LogP contribution in [0, 0.1) is 0 Å². The first-order valence-electron chi connectivity index (χ1n) is 9.34. The van der Waals surface area contributed by atoms with Crippen molar-refractivity contribution >= 4 is 23.1 Å². The van der Waals surface area contributed by atoms with Gasteiger partial charge in [-0.3, -0.25) is 4.79 Å². The van der Waals surface area contributed by atoms with Crippen molar-refractivity contribution in [3.8, 4) is 5.75 Å². The Hall–Kier alpha value is -2.61. The Kier molecular flexibility index (Phi) is 6.59. The van der Waals surface area contributed by atoms with Crippen LogP contribution in [-0.4, -0.2) is 23.6 Å². The second-order valence-electron chi connectivity index (χ2n) is 7.30. The number of hydrogen-bond donors (Lipinski definition) is 1. The Morgan fingerprint density at radius 2 is 1.77 bits per heavy atom.